The van der Waals surface area contributed by atoms with E-state index in [2.05, 4.69) is 15.5 Å². The Kier molecular flexibility index (Phi) is 4.01. The lowest BCUT2D eigenvalue weighted by Gasteiger charge is -1.95. The molecular formula is C11H11N5O4. The number of hydrogen-bond acceptors (Lipinski definition) is 7. The topological polar surface area (TPSA) is 137 Å². The second-order valence-corrected chi connectivity index (χ2v) is 3.89. The van der Waals surface area contributed by atoms with E-state index in [1.807, 2.05) is 0 Å². The first-order valence-electron chi connectivity index (χ1n) is 5.62. The molecule has 0 bridgehead atoms. The highest BCUT2D eigenvalue weighted by Gasteiger charge is 2.10. The smallest absolute Gasteiger partial charge is 0.269 e. The van der Waals surface area contributed by atoms with Crippen LogP contribution in [0, 0.1) is 10.1 Å². The molecule has 0 atom stereocenters. The molecular weight excluding hydrogens is 266 g/mol. The van der Waals surface area contributed by atoms with Crippen LogP contribution in [0.5, 0.6) is 0 Å². The molecule has 9 nitrogen and oxygen atoms in total. The predicted octanol–water partition coefficient (Wildman–Crippen LogP) is 0.220. The van der Waals surface area contributed by atoms with Gasteiger partial charge in [-0.25, -0.2) is 0 Å². The van der Waals surface area contributed by atoms with Gasteiger partial charge in [0, 0.05) is 17.7 Å². The molecule has 2 rings (SSSR count). The SMILES string of the molecule is NC(=O)CNCc1nc(-c2ccc([N+](=O)[O-])cc2)no1. The fourth-order valence-corrected chi connectivity index (χ4v) is 1.47. The van der Waals surface area contributed by atoms with E-state index in [1.54, 1.807) is 0 Å². The van der Waals surface area contributed by atoms with Crippen LogP contribution in [0.1, 0.15) is 5.89 Å². The Morgan fingerprint density at radius 3 is 2.70 bits per heavy atom. The number of nitrogens with zero attached hydrogens (tertiary/aromatic N) is 3. The number of nitro groups is 1. The van der Waals surface area contributed by atoms with Gasteiger partial charge in [-0.3, -0.25) is 20.2 Å². The Labute approximate surface area is 112 Å². The molecule has 3 N–H and O–H groups in total. The summed E-state index contributed by atoms with van der Waals surface area (Å²) in [6.45, 7) is 0.220. The summed E-state index contributed by atoms with van der Waals surface area (Å²) in [6.07, 6.45) is 0. The molecule has 0 aliphatic heterocycles. The first-order valence-corrected chi connectivity index (χ1v) is 5.62. The molecule has 0 fully saturated rings. The fraction of sp³-hybridized carbons (Fsp3) is 0.182. The van der Waals surface area contributed by atoms with Gasteiger partial charge in [0.15, 0.2) is 0 Å². The van der Waals surface area contributed by atoms with Crippen molar-refractivity contribution in [2.75, 3.05) is 6.54 Å². The Morgan fingerprint density at radius 2 is 2.10 bits per heavy atom. The third kappa shape index (κ3) is 3.36. The standard InChI is InChI=1S/C11H11N5O4/c12-9(17)5-13-6-10-14-11(15-20-10)7-1-3-8(4-2-7)16(18)19/h1-4,13H,5-6H2,(H2,12,17). The number of amides is 1. The number of rotatable bonds is 6. The number of non-ortho nitro benzene ring substituents is 1. The van der Waals surface area contributed by atoms with Gasteiger partial charge in [0.25, 0.3) is 5.69 Å². The maximum atomic E-state index is 10.5. The Hall–Kier alpha value is -2.81. The first kappa shape index (κ1) is 13.6. The molecule has 0 saturated heterocycles. The Bertz CT molecular complexity index is 622. The normalized spacial score (nSPS) is 10.4. The summed E-state index contributed by atoms with van der Waals surface area (Å²) < 4.78 is 4.97. The van der Waals surface area contributed by atoms with E-state index in [0.717, 1.165) is 0 Å². The number of primary amides is 1. The second kappa shape index (κ2) is 5.89. The van der Waals surface area contributed by atoms with Crippen molar-refractivity contribution in [2.45, 2.75) is 6.54 Å². The van der Waals surface area contributed by atoms with Crippen molar-refractivity contribution in [1.29, 1.82) is 0 Å². The Balaban J connectivity index is 2.04. The third-order valence-electron chi connectivity index (χ3n) is 2.38. The molecule has 0 spiro atoms. The van der Waals surface area contributed by atoms with Crippen LogP contribution in [0.25, 0.3) is 11.4 Å². The number of hydrogen-bond donors (Lipinski definition) is 2. The van der Waals surface area contributed by atoms with E-state index >= 15 is 0 Å². The summed E-state index contributed by atoms with van der Waals surface area (Å²) in [5, 5.41) is 17.0. The molecule has 1 amide bonds. The number of benzene rings is 1. The van der Waals surface area contributed by atoms with E-state index in [9.17, 15) is 14.9 Å². The zero-order chi connectivity index (χ0) is 14.5. The minimum Gasteiger partial charge on any atom is -0.369 e. The quantitative estimate of drug-likeness (QED) is 0.569. The highest BCUT2D eigenvalue weighted by molar-refractivity contribution is 5.75. The molecule has 1 aromatic carbocycles. The minimum absolute atomic E-state index is 0.00917. The van der Waals surface area contributed by atoms with Gasteiger partial charge >= 0.3 is 0 Å². The van der Waals surface area contributed by atoms with Crippen LogP contribution in [-0.4, -0.2) is 27.5 Å². The highest BCUT2D eigenvalue weighted by Crippen LogP contribution is 2.19. The van der Waals surface area contributed by atoms with Gasteiger partial charge in [-0.1, -0.05) is 5.16 Å². The van der Waals surface area contributed by atoms with Crippen molar-refractivity contribution in [3.63, 3.8) is 0 Å². The van der Waals surface area contributed by atoms with Crippen molar-refractivity contribution in [2.24, 2.45) is 5.73 Å². The number of carbonyl (C=O) groups excluding carboxylic acids is 1. The van der Waals surface area contributed by atoms with Crippen molar-refractivity contribution in [1.82, 2.24) is 15.5 Å². The number of nitrogens with one attached hydrogen (secondary N) is 1. The number of nitrogens with two attached hydrogens (primary N) is 1. The maximum Gasteiger partial charge on any atom is 0.269 e. The zero-order valence-electron chi connectivity index (χ0n) is 10.3. The van der Waals surface area contributed by atoms with Gasteiger partial charge in [-0.2, -0.15) is 4.98 Å². The lowest BCUT2D eigenvalue weighted by Crippen LogP contribution is -2.28. The molecule has 0 aliphatic carbocycles. The van der Waals surface area contributed by atoms with Gasteiger partial charge in [0.05, 0.1) is 18.0 Å². The van der Waals surface area contributed by atoms with E-state index < -0.39 is 10.8 Å². The largest absolute Gasteiger partial charge is 0.369 e. The van der Waals surface area contributed by atoms with Crippen molar-refractivity contribution < 1.29 is 14.2 Å². The summed E-state index contributed by atoms with van der Waals surface area (Å²) in [6, 6.07) is 5.78. The van der Waals surface area contributed by atoms with E-state index in [4.69, 9.17) is 10.3 Å². The summed E-state index contributed by atoms with van der Waals surface area (Å²) in [5.74, 6) is 0.121. The second-order valence-electron chi connectivity index (χ2n) is 3.89. The molecule has 104 valence electrons. The summed E-state index contributed by atoms with van der Waals surface area (Å²) in [7, 11) is 0. The molecule has 0 unspecified atom stereocenters. The highest BCUT2D eigenvalue weighted by atomic mass is 16.6. The van der Waals surface area contributed by atoms with Crippen molar-refractivity contribution >= 4 is 11.6 Å². The monoisotopic (exact) mass is 277 g/mol. The summed E-state index contributed by atoms with van der Waals surface area (Å²) in [4.78, 5) is 24.7. The molecule has 0 radical (unpaired) electrons. The van der Waals surface area contributed by atoms with Crippen LogP contribution in [-0.2, 0) is 11.3 Å². The molecule has 1 aromatic heterocycles. The number of nitro benzene ring substituents is 1. The van der Waals surface area contributed by atoms with Gasteiger partial charge in [-0.15, -0.1) is 0 Å². The van der Waals surface area contributed by atoms with Crippen molar-refractivity contribution in [3.8, 4) is 11.4 Å². The van der Waals surface area contributed by atoms with Crippen LogP contribution >= 0.6 is 0 Å². The van der Waals surface area contributed by atoms with E-state index in [0.29, 0.717) is 17.3 Å². The van der Waals surface area contributed by atoms with Crippen LogP contribution in [0.4, 0.5) is 5.69 Å². The van der Waals surface area contributed by atoms with Gasteiger partial charge < -0.3 is 10.3 Å². The van der Waals surface area contributed by atoms with Crippen LogP contribution in [0.3, 0.4) is 0 Å². The maximum absolute atomic E-state index is 10.5. The Morgan fingerprint density at radius 1 is 1.40 bits per heavy atom. The van der Waals surface area contributed by atoms with E-state index in [1.165, 1.54) is 24.3 Å². The molecule has 1 heterocycles. The van der Waals surface area contributed by atoms with E-state index in [-0.39, 0.29) is 18.8 Å². The molecule has 2 aromatic rings. The van der Waals surface area contributed by atoms with Crippen LogP contribution in [0.2, 0.25) is 0 Å². The van der Waals surface area contributed by atoms with Crippen LogP contribution < -0.4 is 11.1 Å². The molecule has 9 heteroatoms. The van der Waals surface area contributed by atoms with Gasteiger partial charge in [0.1, 0.15) is 0 Å². The predicted molar refractivity (Wildman–Crippen MR) is 67.3 cm³/mol. The zero-order valence-corrected chi connectivity index (χ0v) is 10.3. The lowest BCUT2D eigenvalue weighted by molar-refractivity contribution is -0.384. The molecule has 20 heavy (non-hydrogen) atoms. The van der Waals surface area contributed by atoms with Crippen molar-refractivity contribution in [3.05, 3.63) is 40.3 Å². The van der Waals surface area contributed by atoms with Crippen LogP contribution in [0.15, 0.2) is 28.8 Å². The molecule has 0 aliphatic rings. The average Bonchev–Trinajstić information content (AvgIpc) is 2.87. The lowest BCUT2D eigenvalue weighted by atomic mass is 10.2. The molecule has 0 saturated carbocycles. The van der Waals surface area contributed by atoms with Gasteiger partial charge in [-0.05, 0) is 12.1 Å². The third-order valence-corrected chi connectivity index (χ3v) is 2.38. The summed E-state index contributed by atoms with van der Waals surface area (Å²) in [5.41, 5.74) is 5.55. The first-order chi connectivity index (χ1) is 9.56. The number of aromatic nitrogens is 2. The summed E-state index contributed by atoms with van der Waals surface area (Å²) >= 11 is 0. The minimum atomic E-state index is -0.487. The number of carbonyl (C=O) groups is 1. The fourth-order valence-electron chi connectivity index (χ4n) is 1.47. The average molecular weight is 277 g/mol. The van der Waals surface area contributed by atoms with Gasteiger partial charge in [0.2, 0.25) is 17.6 Å².